The zero-order valence-electron chi connectivity index (χ0n) is 8.34. The van der Waals surface area contributed by atoms with E-state index in [-0.39, 0.29) is 16.0 Å². The van der Waals surface area contributed by atoms with E-state index in [9.17, 15) is 8.78 Å². The molecular formula is C10H11ClF2OS. The van der Waals surface area contributed by atoms with Gasteiger partial charge in [-0.3, -0.25) is 0 Å². The summed E-state index contributed by atoms with van der Waals surface area (Å²) in [5, 5.41) is 0.497. The fourth-order valence-electron chi connectivity index (χ4n) is 1.10. The molecule has 5 heteroatoms. The van der Waals surface area contributed by atoms with Crippen molar-refractivity contribution in [3.05, 3.63) is 28.8 Å². The number of rotatable bonds is 4. The van der Waals surface area contributed by atoms with Crippen molar-refractivity contribution in [1.82, 2.24) is 0 Å². The van der Waals surface area contributed by atoms with E-state index in [0.29, 0.717) is 0 Å². The Balaban J connectivity index is 2.88. The first kappa shape index (κ1) is 12.6. The van der Waals surface area contributed by atoms with Gasteiger partial charge >= 0.3 is 6.61 Å². The average molecular weight is 253 g/mol. The van der Waals surface area contributed by atoms with Crippen LogP contribution in [-0.4, -0.2) is 12.9 Å². The van der Waals surface area contributed by atoms with Crippen LogP contribution in [0.2, 0.25) is 5.02 Å². The highest BCUT2D eigenvalue weighted by molar-refractivity contribution is 7.98. The van der Waals surface area contributed by atoms with Crippen molar-refractivity contribution in [3.8, 4) is 5.75 Å². The first-order chi connectivity index (χ1) is 7.04. The van der Waals surface area contributed by atoms with E-state index >= 15 is 0 Å². The van der Waals surface area contributed by atoms with Crippen LogP contribution in [0.25, 0.3) is 0 Å². The van der Waals surface area contributed by atoms with Gasteiger partial charge in [-0.1, -0.05) is 17.7 Å². The molecule has 0 aliphatic heterocycles. The van der Waals surface area contributed by atoms with Gasteiger partial charge in [0, 0.05) is 5.25 Å². The molecule has 0 radical (unpaired) electrons. The lowest BCUT2D eigenvalue weighted by atomic mass is 10.1. The molecule has 84 valence electrons. The molecule has 0 amide bonds. The number of thioether (sulfide) groups is 1. The monoisotopic (exact) mass is 252 g/mol. The summed E-state index contributed by atoms with van der Waals surface area (Å²) in [5.41, 5.74) is 0.995. The first-order valence-electron chi connectivity index (χ1n) is 4.31. The van der Waals surface area contributed by atoms with E-state index in [1.54, 1.807) is 23.9 Å². The summed E-state index contributed by atoms with van der Waals surface area (Å²) in [6.45, 7) is -0.824. The molecule has 0 aromatic heterocycles. The number of hydrogen-bond donors (Lipinski definition) is 0. The lowest BCUT2D eigenvalue weighted by molar-refractivity contribution is -0.0497. The summed E-state index contributed by atoms with van der Waals surface area (Å²) in [5.74, 6) is 0.0173. The van der Waals surface area contributed by atoms with Crippen LogP contribution in [0.5, 0.6) is 5.75 Å². The van der Waals surface area contributed by atoms with Crippen molar-refractivity contribution in [2.75, 3.05) is 6.26 Å². The Kier molecular flexibility index (Phi) is 4.67. The standard InChI is InChI=1S/C10H11ClF2OS/c1-6(15-2)7-3-4-9(8(11)5-7)14-10(12)13/h3-6,10H,1-2H3. The van der Waals surface area contributed by atoms with Gasteiger partial charge in [0.2, 0.25) is 0 Å². The molecule has 1 nitrogen and oxygen atoms in total. The molecule has 0 saturated heterocycles. The highest BCUT2D eigenvalue weighted by atomic mass is 35.5. The maximum Gasteiger partial charge on any atom is 0.387 e. The van der Waals surface area contributed by atoms with Crippen molar-refractivity contribution >= 4 is 23.4 Å². The third-order valence-corrected chi connectivity index (χ3v) is 3.27. The molecule has 1 atom stereocenters. The molecule has 0 saturated carbocycles. The third kappa shape index (κ3) is 3.54. The van der Waals surface area contributed by atoms with Crippen molar-refractivity contribution in [1.29, 1.82) is 0 Å². The Morgan fingerprint density at radius 3 is 2.53 bits per heavy atom. The van der Waals surface area contributed by atoms with Gasteiger partial charge in [0.1, 0.15) is 5.75 Å². The molecule has 1 rings (SSSR count). The number of ether oxygens (including phenoxy) is 1. The van der Waals surface area contributed by atoms with Gasteiger partial charge in [0.15, 0.2) is 0 Å². The van der Waals surface area contributed by atoms with Crippen LogP contribution in [0.4, 0.5) is 8.78 Å². The topological polar surface area (TPSA) is 9.23 Å². The fraction of sp³-hybridized carbons (Fsp3) is 0.400. The van der Waals surface area contributed by atoms with E-state index in [0.717, 1.165) is 5.56 Å². The SMILES string of the molecule is CSC(C)c1ccc(OC(F)F)c(Cl)c1. The summed E-state index contributed by atoms with van der Waals surface area (Å²) < 4.78 is 28.1. The summed E-state index contributed by atoms with van der Waals surface area (Å²) in [7, 11) is 0. The minimum Gasteiger partial charge on any atom is -0.433 e. The van der Waals surface area contributed by atoms with Gasteiger partial charge in [-0.25, -0.2) is 0 Å². The van der Waals surface area contributed by atoms with E-state index in [2.05, 4.69) is 4.74 Å². The zero-order valence-corrected chi connectivity index (χ0v) is 9.91. The largest absolute Gasteiger partial charge is 0.433 e. The maximum absolute atomic E-state index is 11.9. The Bertz CT molecular complexity index is 333. The molecule has 0 N–H and O–H groups in total. The third-order valence-electron chi connectivity index (χ3n) is 1.99. The van der Waals surface area contributed by atoms with Gasteiger partial charge in [-0.2, -0.15) is 20.5 Å². The second-order valence-corrected chi connectivity index (χ2v) is 4.53. The molecule has 1 unspecified atom stereocenters. The molecule has 0 bridgehead atoms. The molecule has 1 aromatic carbocycles. The Morgan fingerprint density at radius 2 is 2.07 bits per heavy atom. The Labute approximate surface area is 96.8 Å². The lowest BCUT2D eigenvalue weighted by Gasteiger charge is -2.11. The number of halogens is 3. The minimum atomic E-state index is -2.84. The van der Waals surface area contributed by atoms with E-state index in [1.165, 1.54) is 6.07 Å². The Morgan fingerprint density at radius 1 is 1.40 bits per heavy atom. The van der Waals surface area contributed by atoms with Crippen molar-refractivity contribution in [2.24, 2.45) is 0 Å². The smallest absolute Gasteiger partial charge is 0.387 e. The Hall–Kier alpha value is -0.480. The normalized spacial score (nSPS) is 12.9. The van der Waals surface area contributed by atoms with Crippen LogP contribution in [0.15, 0.2) is 18.2 Å². The number of hydrogen-bond acceptors (Lipinski definition) is 2. The van der Waals surface area contributed by atoms with Crippen LogP contribution >= 0.6 is 23.4 Å². The average Bonchev–Trinajstić information content (AvgIpc) is 2.19. The van der Waals surface area contributed by atoms with Crippen LogP contribution in [0, 0.1) is 0 Å². The molecular weight excluding hydrogens is 242 g/mol. The first-order valence-corrected chi connectivity index (χ1v) is 5.98. The molecule has 0 aliphatic rings. The van der Waals surface area contributed by atoms with E-state index < -0.39 is 6.61 Å². The van der Waals surface area contributed by atoms with Gasteiger partial charge in [-0.15, -0.1) is 0 Å². The van der Waals surface area contributed by atoms with Crippen molar-refractivity contribution in [2.45, 2.75) is 18.8 Å². The minimum absolute atomic E-state index is 0.0173. The van der Waals surface area contributed by atoms with Crippen LogP contribution < -0.4 is 4.74 Å². The highest BCUT2D eigenvalue weighted by Crippen LogP contribution is 2.32. The summed E-state index contributed by atoms with van der Waals surface area (Å²) in [4.78, 5) is 0. The predicted molar refractivity (Wildman–Crippen MR) is 60.0 cm³/mol. The quantitative estimate of drug-likeness (QED) is 0.787. The van der Waals surface area contributed by atoms with Gasteiger partial charge in [-0.05, 0) is 30.9 Å². The summed E-state index contributed by atoms with van der Waals surface area (Å²) in [6, 6.07) is 4.86. The number of benzene rings is 1. The van der Waals surface area contributed by atoms with E-state index in [1.807, 2.05) is 13.2 Å². The summed E-state index contributed by atoms with van der Waals surface area (Å²) >= 11 is 7.47. The van der Waals surface area contributed by atoms with Gasteiger partial charge in [0.25, 0.3) is 0 Å². The van der Waals surface area contributed by atoms with Gasteiger partial charge in [0.05, 0.1) is 5.02 Å². The maximum atomic E-state index is 11.9. The molecule has 0 spiro atoms. The molecule has 0 aliphatic carbocycles. The molecule has 0 fully saturated rings. The van der Waals surface area contributed by atoms with Crippen LogP contribution in [-0.2, 0) is 0 Å². The zero-order chi connectivity index (χ0) is 11.4. The molecule has 0 heterocycles. The second kappa shape index (κ2) is 5.56. The van der Waals surface area contributed by atoms with Crippen molar-refractivity contribution < 1.29 is 13.5 Å². The van der Waals surface area contributed by atoms with Crippen LogP contribution in [0.1, 0.15) is 17.7 Å². The molecule has 15 heavy (non-hydrogen) atoms. The highest BCUT2D eigenvalue weighted by Gasteiger charge is 2.11. The fourth-order valence-corrected chi connectivity index (χ4v) is 1.75. The molecule has 1 aromatic rings. The van der Waals surface area contributed by atoms with Gasteiger partial charge < -0.3 is 4.74 Å². The number of alkyl halides is 2. The lowest BCUT2D eigenvalue weighted by Crippen LogP contribution is -2.02. The van der Waals surface area contributed by atoms with E-state index in [4.69, 9.17) is 11.6 Å². The second-order valence-electron chi connectivity index (χ2n) is 2.95. The van der Waals surface area contributed by atoms with Crippen LogP contribution in [0.3, 0.4) is 0 Å². The van der Waals surface area contributed by atoms with Crippen molar-refractivity contribution in [3.63, 3.8) is 0 Å². The predicted octanol–water partition coefficient (Wildman–Crippen LogP) is 4.37. The summed E-state index contributed by atoms with van der Waals surface area (Å²) in [6.07, 6.45) is 1.97.